The van der Waals surface area contributed by atoms with Crippen LogP contribution >= 0.6 is 0 Å². The minimum Gasteiger partial charge on any atom is -0.406 e. The number of amides is 1. The van der Waals surface area contributed by atoms with Crippen molar-refractivity contribution >= 4 is 5.91 Å². The van der Waals surface area contributed by atoms with Crippen molar-refractivity contribution in [2.24, 2.45) is 0 Å². The van der Waals surface area contributed by atoms with Crippen molar-refractivity contribution in [2.45, 2.75) is 38.1 Å². The fourth-order valence-electron chi connectivity index (χ4n) is 2.01. The van der Waals surface area contributed by atoms with Crippen LogP contribution in [-0.2, 0) is 4.84 Å². The van der Waals surface area contributed by atoms with Gasteiger partial charge in [-0.15, -0.1) is 13.2 Å². The van der Waals surface area contributed by atoms with Crippen molar-refractivity contribution in [3.8, 4) is 5.75 Å². The molecule has 0 heterocycles. The van der Waals surface area contributed by atoms with E-state index in [4.69, 9.17) is 4.84 Å². The molecule has 7 heteroatoms. The lowest BCUT2D eigenvalue weighted by Crippen LogP contribution is -2.28. The number of carbonyl (C=O) groups excluding carboxylic acids is 1. The predicted octanol–water partition coefficient (Wildman–Crippen LogP) is 3.19. The highest BCUT2D eigenvalue weighted by atomic mass is 19.4. The van der Waals surface area contributed by atoms with Crippen molar-refractivity contribution in [1.29, 1.82) is 0 Å². The Labute approximate surface area is 113 Å². The fourth-order valence-corrected chi connectivity index (χ4v) is 2.01. The summed E-state index contributed by atoms with van der Waals surface area (Å²) in [6.45, 7) is 0. The van der Waals surface area contributed by atoms with E-state index in [9.17, 15) is 18.0 Å². The lowest BCUT2D eigenvalue weighted by Gasteiger charge is -2.12. The van der Waals surface area contributed by atoms with Crippen molar-refractivity contribution in [3.63, 3.8) is 0 Å². The van der Waals surface area contributed by atoms with Crippen molar-refractivity contribution in [2.75, 3.05) is 0 Å². The van der Waals surface area contributed by atoms with E-state index < -0.39 is 12.3 Å². The normalized spacial score (nSPS) is 16.1. The first kappa shape index (κ1) is 14.6. The maximum Gasteiger partial charge on any atom is 0.573 e. The first-order valence-corrected chi connectivity index (χ1v) is 6.26. The first-order valence-electron chi connectivity index (χ1n) is 6.26. The number of carbonyl (C=O) groups is 1. The van der Waals surface area contributed by atoms with Gasteiger partial charge >= 0.3 is 6.36 Å². The van der Waals surface area contributed by atoms with Gasteiger partial charge in [-0.25, -0.2) is 5.48 Å². The van der Waals surface area contributed by atoms with Gasteiger partial charge in [0.2, 0.25) is 0 Å². The van der Waals surface area contributed by atoms with Gasteiger partial charge in [0, 0.05) is 5.56 Å². The summed E-state index contributed by atoms with van der Waals surface area (Å²) in [7, 11) is 0. The Kier molecular flexibility index (Phi) is 4.49. The number of hydrogen-bond donors (Lipinski definition) is 1. The highest BCUT2D eigenvalue weighted by molar-refractivity contribution is 5.93. The quantitative estimate of drug-likeness (QED) is 0.866. The molecule has 1 aliphatic rings. The number of hydroxylamine groups is 1. The summed E-state index contributed by atoms with van der Waals surface area (Å²) in [4.78, 5) is 16.9. The molecule has 20 heavy (non-hydrogen) atoms. The maximum absolute atomic E-state index is 12.0. The van der Waals surface area contributed by atoms with Crippen LogP contribution in [0.1, 0.15) is 36.0 Å². The van der Waals surface area contributed by atoms with Crippen molar-refractivity contribution in [3.05, 3.63) is 29.8 Å². The van der Waals surface area contributed by atoms with E-state index in [0.29, 0.717) is 0 Å². The molecular formula is C13H14F3NO3. The molecule has 1 N–H and O–H groups in total. The molecule has 1 saturated carbocycles. The highest BCUT2D eigenvalue weighted by Gasteiger charge is 2.31. The Balaban J connectivity index is 1.86. The van der Waals surface area contributed by atoms with E-state index in [1.165, 1.54) is 12.1 Å². The molecule has 4 nitrogen and oxygen atoms in total. The van der Waals surface area contributed by atoms with E-state index in [0.717, 1.165) is 37.8 Å². The van der Waals surface area contributed by atoms with Gasteiger partial charge < -0.3 is 4.74 Å². The molecule has 0 aliphatic heterocycles. The van der Waals surface area contributed by atoms with E-state index in [1.54, 1.807) is 0 Å². The summed E-state index contributed by atoms with van der Waals surface area (Å²) >= 11 is 0. The number of alkyl halides is 3. The van der Waals surface area contributed by atoms with Crippen LogP contribution in [-0.4, -0.2) is 18.4 Å². The summed E-state index contributed by atoms with van der Waals surface area (Å²) in [6, 6.07) is 4.65. The monoisotopic (exact) mass is 289 g/mol. The predicted molar refractivity (Wildman–Crippen MR) is 63.9 cm³/mol. The van der Waals surface area contributed by atoms with Crippen LogP contribution in [0.25, 0.3) is 0 Å². The third kappa shape index (κ3) is 4.41. The molecule has 1 aromatic carbocycles. The molecule has 1 aliphatic carbocycles. The van der Waals surface area contributed by atoms with Crippen LogP contribution in [0.5, 0.6) is 5.75 Å². The van der Waals surface area contributed by atoms with Gasteiger partial charge in [0.05, 0.1) is 6.10 Å². The Morgan fingerprint density at radius 3 is 2.30 bits per heavy atom. The molecule has 0 saturated heterocycles. The van der Waals surface area contributed by atoms with Gasteiger partial charge in [0.1, 0.15) is 5.75 Å². The third-order valence-corrected chi connectivity index (χ3v) is 2.97. The molecule has 0 unspecified atom stereocenters. The number of benzene rings is 1. The topological polar surface area (TPSA) is 47.6 Å². The number of ether oxygens (including phenoxy) is 1. The van der Waals surface area contributed by atoms with E-state index >= 15 is 0 Å². The van der Waals surface area contributed by atoms with Crippen LogP contribution < -0.4 is 10.2 Å². The lowest BCUT2D eigenvalue weighted by molar-refractivity contribution is -0.274. The number of rotatable bonds is 4. The zero-order chi connectivity index (χ0) is 14.6. The van der Waals surface area contributed by atoms with Gasteiger partial charge in [-0.05, 0) is 37.1 Å². The highest BCUT2D eigenvalue weighted by Crippen LogP contribution is 2.23. The van der Waals surface area contributed by atoms with Crippen molar-refractivity contribution in [1.82, 2.24) is 5.48 Å². The molecule has 0 spiro atoms. The van der Waals surface area contributed by atoms with Gasteiger partial charge in [-0.2, -0.15) is 0 Å². The second-order valence-corrected chi connectivity index (χ2v) is 4.53. The maximum atomic E-state index is 12.0. The molecule has 1 amide bonds. The molecule has 1 fully saturated rings. The average molecular weight is 289 g/mol. The summed E-state index contributed by atoms with van der Waals surface area (Å²) in [6.07, 6.45) is -0.771. The van der Waals surface area contributed by atoms with E-state index in [-0.39, 0.29) is 17.4 Å². The van der Waals surface area contributed by atoms with Crippen LogP contribution in [0.15, 0.2) is 24.3 Å². The largest absolute Gasteiger partial charge is 0.573 e. The second kappa shape index (κ2) is 6.13. The third-order valence-electron chi connectivity index (χ3n) is 2.97. The van der Waals surface area contributed by atoms with Crippen LogP contribution in [0.3, 0.4) is 0 Å². The fraction of sp³-hybridized carbons (Fsp3) is 0.462. The van der Waals surface area contributed by atoms with Gasteiger partial charge in [0.15, 0.2) is 0 Å². The van der Waals surface area contributed by atoms with Gasteiger partial charge in [-0.3, -0.25) is 9.63 Å². The molecule has 110 valence electrons. The summed E-state index contributed by atoms with van der Waals surface area (Å²) < 4.78 is 39.6. The van der Waals surface area contributed by atoms with Crippen molar-refractivity contribution < 1.29 is 27.5 Å². The molecule has 0 bridgehead atoms. The van der Waals surface area contributed by atoms with Crippen LogP contribution in [0.2, 0.25) is 0 Å². The Hall–Kier alpha value is -1.76. The summed E-state index contributed by atoms with van der Waals surface area (Å²) in [5.41, 5.74) is 2.51. The van der Waals surface area contributed by atoms with E-state index in [2.05, 4.69) is 10.2 Å². The van der Waals surface area contributed by atoms with Crippen LogP contribution in [0.4, 0.5) is 13.2 Å². The zero-order valence-electron chi connectivity index (χ0n) is 10.6. The Bertz CT molecular complexity index is 453. The zero-order valence-corrected chi connectivity index (χ0v) is 10.6. The number of halogens is 3. The number of hydrogen-bond acceptors (Lipinski definition) is 3. The molecule has 0 radical (unpaired) electrons. The average Bonchev–Trinajstić information content (AvgIpc) is 2.88. The molecular weight excluding hydrogens is 275 g/mol. The second-order valence-electron chi connectivity index (χ2n) is 4.53. The molecule has 0 atom stereocenters. The smallest absolute Gasteiger partial charge is 0.406 e. The molecule has 0 aromatic heterocycles. The molecule has 2 rings (SSSR count). The minimum absolute atomic E-state index is 0.0202. The van der Waals surface area contributed by atoms with E-state index in [1.807, 2.05) is 0 Å². The Morgan fingerprint density at radius 1 is 1.15 bits per heavy atom. The summed E-state index contributed by atoms with van der Waals surface area (Å²) in [5.74, 6) is -0.860. The SMILES string of the molecule is O=C(NOC1CCCC1)c1ccc(OC(F)(F)F)cc1. The van der Waals surface area contributed by atoms with Gasteiger partial charge in [0.25, 0.3) is 5.91 Å². The van der Waals surface area contributed by atoms with Crippen LogP contribution in [0, 0.1) is 0 Å². The minimum atomic E-state index is -4.74. The van der Waals surface area contributed by atoms with Gasteiger partial charge in [-0.1, -0.05) is 12.8 Å². The first-order chi connectivity index (χ1) is 9.44. The molecule has 1 aromatic rings. The standard InChI is InChI=1S/C13H14F3NO3/c14-13(15,16)19-10-7-5-9(6-8-10)12(18)17-20-11-3-1-2-4-11/h5-8,11H,1-4H2,(H,17,18). The lowest BCUT2D eigenvalue weighted by atomic mass is 10.2. The Morgan fingerprint density at radius 2 is 1.75 bits per heavy atom. The summed E-state index contributed by atoms with van der Waals surface area (Å²) in [5, 5.41) is 0. The number of nitrogens with one attached hydrogen (secondary N) is 1.